The average Bonchev–Trinajstić information content (AvgIpc) is 2.61. The standard InChI is InChI=1S/C17H13FN4O3/c18-12-4-1-5-13(9-12)25-17-11(3-2-8-19-17)10-20-16(24)14-6-7-15(23)22-21-14/h1-9H,10H2,(H,20,24)(H,22,23). The smallest absolute Gasteiger partial charge is 0.271 e. The third-order valence-corrected chi connectivity index (χ3v) is 3.21. The molecule has 0 aliphatic heterocycles. The summed E-state index contributed by atoms with van der Waals surface area (Å²) in [6, 6.07) is 11.6. The zero-order valence-electron chi connectivity index (χ0n) is 12.9. The molecule has 25 heavy (non-hydrogen) atoms. The first kappa shape index (κ1) is 16.3. The topological polar surface area (TPSA) is 97.0 Å². The van der Waals surface area contributed by atoms with Gasteiger partial charge in [0, 0.05) is 30.4 Å². The molecule has 0 saturated heterocycles. The zero-order chi connectivity index (χ0) is 17.6. The number of rotatable bonds is 5. The first-order valence-electron chi connectivity index (χ1n) is 7.33. The predicted octanol–water partition coefficient (Wildman–Crippen LogP) is 2.03. The summed E-state index contributed by atoms with van der Waals surface area (Å²) in [6.07, 6.45) is 1.53. The van der Waals surface area contributed by atoms with E-state index in [4.69, 9.17) is 4.74 Å². The summed E-state index contributed by atoms with van der Waals surface area (Å²) >= 11 is 0. The molecule has 0 aliphatic carbocycles. The van der Waals surface area contributed by atoms with Crippen LogP contribution >= 0.6 is 0 Å². The van der Waals surface area contributed by atoms with Crippen molar-refractivity contribution in [3.05, 3.63) is 82.2 Å². The van der Waals surface area contributed by atoms with E-state index in [9.17, 15) is 14.0 Å². The predicted molar refractivity (Wildman–Crippen MR) is 86.7 cm³/mol. The minimum absolute atomic E-state index is 0.0797. The van der Waals surface area contributed by atoms with Gasteiger partial charge in [0.15, 0.2) is 0 Å². The average molecular weight is 340 g/mol. The van der Waals surface area contributed by atoms with Crippen LogP contribution in [0.4, 0.5) is 4.39 Å². The fourth-order valence-electron chi connectivity index (χ4n) is 2.03. The lowest BCUT2D eigenvalue weighted by Gasteiger charge is -2.10. The molecule has 3 aromatic rings. The van der Waals surface area contributed by atoms with Crippen LogP contribution in [0.25, 0.3) is 0 Å². The lowest BCUT2D eigenvalue weighted by atomic mass is 10.2. The molecule has 0 bridgehead atoms. The molecule has 8 heteroatoms. The van der Waals surface area contributed by atoms with Crippen LogP contribution in [0.5, 0.6) is 11.6 Å². The van der Waals surface area contributed by atoms with Crippen molar-refractivity contribution in [2.75, 3.05) is 0 Å². The number of hydrogen-bond acceptors (Lipinski definition) is 5. The molecule has 2 heterocycles. The Bertz CT molecular complexity index is 938. The Morgan fingerprint density at radius 1 is 1.20 bits per heavy atom. The Balaban J connectivity index is 1.71. The number of aromatic amines is 1. The minimum Gasteiger partial charge on any atom is -0.439 e. The molecule has 0 unspecified atom stereocenters. The molecule has 0 spiro atoms. The summed E-state index contributed by atoms with van der Waals surface area (Å²) in [5.41, 5.74) is 0.287. The number of carbonyl (C=O) groups excluding carboxylic acids is 1. The normalized spacial score (nSPS) is 10.3. The Kier molecular flexibility index (Phi) is 4.79. The number of halogens is 1. The molecule has 1 amide bonds. The van der Waals surface area contributed by atoms with Crippen molar-refractivity contribution in [2.45, 2.75) is 6.54 Å². The third kappa shape index (κ3) is 4.25. The van der Waals surface area contributed by atoms with Crippen LogP contribution in [0.15, 0.2) is 59.5 Å². The third-order valence-electron chi connectivity index (χ3n) is 3.21. The van der Waals surface area contributed by atoms with Crippen LogP contribution in [0, 0.1) is 5.82 Å². The van der Waals surface area contributed by atoms with E-state index in [-0.39, 0.29) is 18.1 Å². The van der Waals surface area contributed by atoms with Gasteiger partial charge in [-0.25, -0.2) is 14.5 Å². The van der Waals surface area contributed by atoms with E-state index in [1.54, 1.807) is 18.2 Å². The summed E-state index contributed by atoms with van der Waals surface area (Å²) < 4.78 is 18.8. The molecule has 1 aromatic carbocycles. The number of pyridine rings is 1. The fraction of sp³-hybridized carbons (Fsp3) is 0.0588. The molecule has 0 aliphatic rings. The van der Waals surface area contributed by atoms with E-state index >= 15 is 0 Å². The molecule has 2 aromatic heterocycles. The summed E-state index contributed by atoms with van der Waals surface area (Å²) in [6.45, 7) is 0.123. The molecule has 126 valence electrons. The number of nitrogens with one attached hydrogen (secondary N) is 2. The van der Waals surface area contributed by atoms with E-state index < -0.39 is 17.3 Å². The first-order chi connectivity index (χ1) is 12.1. The van der Waals surface area contributed by atoms with Gasteiger partial charge in [-0.05, 0) is 24.3 Å². The van der Waals surface area contributed by atoms with Gasteiger partial charge in [0.25, 0.3) is 11.5 Å². The molecule has 2 N–H and O–H groups in total. The molecule has 3 rings (SSSR count). The van der Waals surface area contributed by atoms with Crippen LogP contribution in [0.2, 0.25) is 0 Å². The van der Waals surface area contributed by atoms with Crippen molar-refractivity contribution in [1.29, 1.82) is 0 Å². The number of hydrogen-bond donors (Lipinski definition) is 2. The molecular weight excluding hydrogens is 327 g/mol. The highest BCUT2D eigenvalue weighted by molar-refractivity contribution is 5.91. The minimum atomic E-state index is -0.461. The Morgan fingerprint density at radius 3 is 2.84 bits per heavy atom. The van der Waals surface area contributed by atoms with Crippen molar-refractivity contribution in [3.63, 3.8) is 0 Å². The number of amides is 1. The van der Waals surface area contributed by atoms with Crippen molar-refractivity contribution in [3.8, 4) is 11.6 Å². The van der Waals surface area contributed by atoms with Gasteiger partial charge in [0.1, 0.15) is 17.3 Å². The van der Waals surface area contributed by atoms with Crippen LogP contribution in [-0.4, -0.2) is 21.1 Å². The number of ether oxygens (including phenoxy) is 1. The lowest BCUT2D eigenvalue weighted by molar-refractivity contribution is 0.0944. The van der Waals surface area contributed by atoms with Gasteiger partial charge in [-0.1, -0.05) is 12.1 Å². The highest BCUT2D eigenvalue weighted by atomic mass is 19.1. The maximum absolute atomic E-state index is 13.3. The van der Waals surface area contributed by atoms with Crippen LogP contribution in [0.1, 0.15) is 16.1 Å². The van der Waals surface area contributed by atoms with E-state index in [0.717, 1.165) is 0 Å². The summed E-state index contributed by atoms with van der Waals surface area (Å²) in [4.78, 5) is 27.1. The second-order valence-corrected chi connectivity index (χ2v) is 5.02. The molecule has 0 radical (unpaired) electrons. The number of benzene rings is 1. The van der Waals surface area contributed by atoms with Crippen LogP contribution in [-0.2, 0) is 6.54 Å². The monoisotopic (exact) mass is 340 g/mol. The summed E-state index contributed by atoms with van der Waals surface area (Å²) in [5.74, 6) is -0.333. The fourth-order valence-corrected chi connectivity index (χ4v) is 2.03. The summed E-state index contributed by atoms with van der Waals surface area (Å²) in [5, 5.41) is 8.50. The van der Waals surface area contributed by atoms with Crippen molar-refractivity contribution >= 4 is 5.91 Å². The van der Waals surface area contributed by atoms with Gasteiger partial charge in [0.05, 0.1) is 0 Å². The van der Waals surface area contributed by atoms with Gasteiger partial charge >= 0.3 is 0 Å². The Morgan fingerprint density at radius 2 is 2.08 bits per heavy atom. The molecule has 0 atom stereocenters. The van der Waals surface area contributed by atoms with E-state index in [0.29, 0.717) is 11.3 Å². The van der Waals surface area contributed by atoms with Gasteiger partial charge in [-0.2, -0.15) is 5.10 Å². The van der Waals surface area contributed by atoms with Crippen molar-refractivity contribution in [1.82, 2.24) is 20.5 Å². The molecular formula is C17H13FN4O3. The van der Waals surface area contributed by atoms with E-state index in [1.807, 2.05) is 0 Å². The number of nitrogens with zero attached hydrogens (tertiary/aromatic N) is 2. The lowest BCUT2D eigenvalue weighted by Crippen LogP contribution is -2.25. The van der Waals surface area contributed by atoms with Gasteiger partial charge in [-0.3, -0.25) is 9.59 Å². The molecule has 0 saturated carbocycles. The first-order valence-corrected chi connectivity index (χ1v) is 7.33. The Labute approximate surface area is 141 Å². The zero-order valence-corrected chi connectivity index (χ0v) is 12.9. The number of H-pyrrole nitrogens is 1. The Hall–Kier alpha value is -3.55. The molecule has 0 fully saturated rings. The van der Waals surface area contributed by atoms with E-state index in [1.165, 1.54) is 36.5 Å². The van der Waals surface area contributed by atoms with Gasteiger partial charge in [-0.15, -0.1) is 0 Å². The van der Waals surface area contributed by atoms with Gasteiger partial charge in [0.2, 0.25) is 5.88 Å². The second-order valence-electron chi connectivity index (χ2n) is 5.02. The maximum Gasteiger partial charge on any atom is 0.271 e. The number of carbonyl (C=O) groups is 1. The van der Waals surface area contributed by atoms with Crippen LogP contribution in [0.3, 0.4) is 0 Å². The highest BCUT2D eigenvalue weighted by Gasteiger charge is 2.11. The van der Waals surface area contributed by atoms with Crippen molar-refractivity contribution in [2.24, 2.45) is 0 Å². The van der Waals surface area contributed by atoms with Crippen molar-refractivity contribution < 1.29 is 13.9 Å². The quantitative estimate of drug-likeness (QED) is 0.741. The number of aromatic nitrogens is 3. The van der Waals surface area contributed by atoms with E-state index in [2.05, 4.69) is 20.5 Å². The maximum atomic E-state index is 13.3. The van der Waals surface area contributed by atoms with Gasteiger partial charge < -0.3 is 10.1 Å². The SMILES string of the molecule is O=C(NCc1cccnc1Oc1cccc(F)c1)c1ccc(=O)[nH]n1. The summed E-state index contributed by atoms with van der Waals surface area (Å²) in [7, 11) is 0. The second kappa shape index (κ2) is 7.35. The largest absolute Gasteiger partial charge is 0.439 e. The molecule has 7 nitrogen and oxygen atoms in total. The van der Waals surface area contributed by atoms with Crippen LogP contribution < -0.4 is 15.6 Å². The highest BCUT2D eigenvalue weighted by Crippen LogP contribution is 2.23.